The van der Waals surface area contributed by atoms with E-state index in [4.69, 9.17) is 19.4 Å². The number of hydrogen-bond acceptors (Lipinski definition) is 5. The van der Waals surface area contributed by atoms with E-state index < -0.39 is 0 Å². The molecule has 3 heterocycles. The molecule has 0 atom stereocenters. The number of rotatable bonds is 6. The molecule has 0 saturated carbocycles. The predicted octanol–water partition coefficient (Wildman–Crippen LogP) is 14.1. The van der Waals surface area contributed by atoms with Crippen molar-refractivity contribution in [2.75, 3.05) is 0 Å². The zero-order valence-electron chi connectivity index (χ0n) is 30.1. The Hall–Kier alpha value is -7.21. The number of thiophene rings is 1. The lowest BCUT2D eigenvalue weighted by molar-refractivity contribution is 0.670. The maximum atomic E-state index is 6.83. The number of aromatic nitrogens is 3. The maximum absolute atomic E-state index is 6.83. The van der Waals surface area contributed by atoms with Crippen molar-refractivity contribution in [2.45, 2.75) is 0 Å². The molecule has 11 aromatic rings. The second-order valence-corrected chi connectivity index (χ2v) is 15.1. The van der Waals surface area contributed by atoms with Crippen LogP contribution in [0.2, 0.25) is 0 Å². The van der Waals surface area contributed by atoms with Crippen molar-refractivity contribution in [3.8, 4) is 67.5 Å². The Balaban J connectivity index is 1.04. The zero-order valence-corrected chi connectivity index (χ0v) is 30.9. The smallest absolute Gasteiger partial charge is 0.164 e. The number of para-hydroxylation sites is 1. The van der Waals surface area contributed by atoms with Gasteiger partial charge in [0.15, 0.2) is 17.5 Å². The lowest BCUT2D eigenvalue weighted by Gasteiger charge is -2.11. The van der Waals surface area contributed by atoms with Gasteiger partial charge < -0.3 is 4.42 Å². The van der Waals surface area contributed by atoms with E-state index in [-0.39, 0.29) is 0 Å². The molecular formula is C51H31N3OS. The molecule has 8 aromatic carbocycles. The van der Waals surface area contributed by atoms with Crippen LogP contribution >= 0.6 is 11.3 Å². The van der Waals surface area contributed by atoms with Crippen molar-refractivity contribution in [3.05, 3.63) is 188 Å². The fraction of sp³-hybridized carbons (Fsp3) is 0. The Morgan fingerprint density at radius 3 is 1.71 bits per heavy atom. The molecule has 0 aliphatic carbocycles. The van der Waals surface area contributed by atoms with Crippen LogP contribution in [0.4, 0.5) is 0 Å². The average molecular weight is 734 g/mol. The minimum Gasteiger partial charge on any atom is -0.455 e. The van der Waals surface area contributed by atoms with Gasteiger partial charge in [0.1, 0.15) is 11.2 Å². The normalized spacial score (nSPS) is 11.6. The van der Waals surface area contributed by atoms with E-state index in [0.29, 0.717) is 17.5 Å². The summed E-state index contributed by atoms with van der Waals surface area (Å²) in [6, 6.07) is 65.7. The first-order valence-corrected chi connectivity index (χ1v) is 19.5. The van der Waals surface area contributed by atoms with E-state index in [2.05, 4.69) is 152 Å². The summed E-state index contributed by atoms with van der Waals surface area (Å²) in [5.74, 6) is 1.82. The van der Waals surface area contributed by atoms with Crippen molar-refractivity contribution in [3.63, 3.8) is 0 Å². The molecule has 11 rings (SSSR count). The standard InChI is InChI=1S/C51H31N3OS/c1-3-13-32(14-4-1)34-17-11-18-36(29-34)50-52-49(33-15-5-2-6-16-33)53-51(54-50)37-25-27-40-43-23-12-22-42(48(43)55-45(40)31-37)39-20-8-7-19-38(39)35-26-28-47-44(30-35)41-21-9-10-24-46(41)56-47/h1-31H. The van der Waals surface area contributed by atoms with Crippen molar-refractivity contribution in [1.29, 1.82) is 0 Å². The summed E-state index contributed by atoms with van der Waals surface area (Å²) in [4.78, 5) is 15.1. The Kier molecular flexibility index (Phi) is 7.64. The van der Waals surface area contributed by atoms with Gasteiger partial charge in [-0.15, -0.1) is 11.3 Å². The van der Waals surface area contributed by atoms with Crippen LogP contribution in [0.3, 0.4) is 0 Å². The van der Waals surface area contributed by atoms with Gasteiger partial charge in [-0.3, -0.25) is 0 Å². The van der Waals surface area contributed by atoms with Crippen LogP contribution in [0.5, 0.6) is 0 Å². The summed E-state index contributed by atoms with van der Waals surface area (Å²) in [7, 11) is 0. The van der Waals surface area contributed by atoms with Crippen molar-refractivity contribution in [1.82, 2.24) is 15.0 Å². The number of nitrogens with zero attached hydrogens (tertiary/aromatic N) is 3. The number of furan rings is 1. The Bertz CT molecular complexity index is 3260. The third-order valence-corrected chi connectivity index (χ3v) is 11.7. The molecule has 0 aliphatic rings. The van der Waals surface area contributed by atoms with E-state index >= 15 is 0 Å². The molecule has 262 valence electrons. The second-order valence-electron chi connectivity index (χ2n) is 14.0. The second kappa shape index (κ2) is 13.3. The monoisotopic (exact) mass is 733 g/mol. The van der Waals surface area contributed by atoms with Crippen LogP contribution in [-0.4, -0.2) is 15.0 Å². The molecule has 0 fully saturated rings. The van der Waals surface area contributed by atoms with Crippen LogP contribution in [-0.2, 0) is 0 Å². The van der Waals surface area contributed by atoms with E-state index in [9.17, 15) is 0 Å². The summed E-state index contributed by atoms with van der Waals surface area (Å²) in [5, 5.41) is 4.69. The van der Waals surface area contributed by atoms with Gasteiger partial charge in [-0.05, 0) is 64.2 Å². The lowest BCUT2D eigenvalue weighted by Crippen LogP contribution is -2.00. The quantitative estimate of drug-likeness (QED) is 0.171. The van der Waals surface area contributed by atoms with Crippen LogP contribution in [0.25, 0.3) is 110 Å². The average Bonchev–Trinajstić information content (AvgIpc) is 3.85. The van der Waals surface area contributed by atoms with Crippen LogP contribution < -0.4 is 0 Å². The van der Waals surface area contributed by atoms with Gasteiger partial charge in [0.05, 0.1) is 0 Å². The Morgan fingerprint density at radius 1 is 0.321 bits per heavy atom. The highest BCUT2D eigenvalue weighted by Crippen LogP contribution is 2.42. The molecule has 0 radical (unpaired) electrons. The van der Waals surface area contributed by atoms with E-state index in [1.165, 1.54) is 31.3 Å². The van der Waals surface area contributed by atoms with E-state index in [1.807, 2.05) is 47.7 Å². The van der Waals surface area contributed by atoms with Gasteiger partial charge in [0.25, 0.3) is 0 Å². The number of fused-ring (bicyclic) bond motifs is 6. The van der Waals surface area contributed by atoms with E-state index in [1.54, 1.807) is 0 Å². The first-order valence-electron chi connectivity index (χ1n) is 18.7. The summed E-state index contributed by atoms with van der Waals surface area (Å²) < 4.78 is 9.43. The van der Waals surface area contributed by atoms with Gasteiger partial charge in [-0.25, -0.2) is 15.0 Å². The predicted molar refractivity (Wildman–Crippen MR) is 233 cm³/mol. The third-order valence-electron chi connectivity index (χ3n) is 10.6. The molecule has 56 heavy (non-hydrogen) atoms. The first kappa shape index (κ1) is 32.2. The number of hydrogen-bond donors (Lipinski definition) is 0. The largest absolute Gasteiger partial charge is 0.455 e. The van der Waals surface area contributed by atoms with Gasteiger partial charge in [0, 0.05) is 53.2 Å². The topological polar surface area (TPSA) is 51.8 Å². The van der Waals surface area contributed by atoms with Crippen LogP contribution in [0.15, 0.2) is 192 Å². The highest BCUT2D eigenvalue weighted by atomic mass is 32.1. The molecule has 0 amide bonds. The molecule has 5 heteroatoms. The highest BCUT2D eigenvalue weighted by Gasteiger charge is 2.18. The molecule has 0 spiro atoms. The molecule has 0 N–H and O–H groups in total. The fourth-order valence-corrected chi connectivity index (χ4v) is 8.92. The summed E-state index contributed by atoms with van der Waals surface area (Å²) in [6.45, 7) is 0. The van der Waals surface area contributed by atoms with Crippen LogP contribution in [0.1, 0.15) is 0 Å². The summed E-state index contributed by atoms with van der Waals surface area (Å²) in [6.07, 6.45) is 0. The maximum Gasteiger partial charge on any atom is 0.164 e. The molecule has 0 aliphatic heterocycles. The third kappa shape index (κ3) is 5.56. The highest BCUT2D eigenvalue weighted by molar-refractivity contribution is 7.25. The Labute approximate surface area is 327 Å². The molecule has 3 aromatic heterocycles. The van der Waals surface area contributed by atoms with Crippen LogP contribution in [0, 0.1) is 0 Å². The Morgan fingerprint density at radius 2 is 0.893 bits per heavy atom. The van der Waals surface area contributed by atoms with Gasteiger partial charge in [-0.1, -0.05) is 152 Å². The first-order chi connectivity index (χ1) is 27.7. The summed E-state index contributed by atoms with van der Waals surface area (Å²) in [5.41, 5.74) is 11.1. The fourth-order valence-electron chi connectivity index (χ4n) is 7.83. The van der Waals surface area contributed by atoms with E-state index in [0.717, 1.165) is 60.9 Å². The van der Waals surface area contributed by atoms with Gasteiger partial charge in [-0.2, -0.15) is 0 Å². The van der Waals surface area contributed by atoms with Gasteiger partial charge in [0.2, 0.25) is 0 Å². The molecule has 4 nitrogen and oxygen atoms in total. The zero-order chi connectivity index (χ0) is 37.0. The van der Waals surface area contributed by atoms with Crippen molar-refractivity contribution in [2.24, 2.45) is 0 Å². The molecular weight excluding hydrogens is 703 g/mol. The minimum absolute atomic E-state index is 0.586. The lowest BCUT2D eigenvalue weighted by atomic mass is 9.93. The minimum atomic E-state index is 0.586. The SMILES string of the molecule is c1ccc(-c2cccc(-c3nc(-c4ccccc4)nc(-c4ccc5c(c4)oc4c(-c6ccccc6-c6ccc7sc8ccccc8c7c6)cccc45)n3)c2)cc1. The molecule has 0 unspecified atom stereocenters. The van der Waals surface area contributed by atoms with Crippen molar-refractivity contribution >= 4 is 53.4 Å². The molecule has 0 bridgehead atoms. The number of benzene rings is 8. The molecule has 0 saturated heterocycles. The summed E-state index contributed by atoms with van der Waals surface area (Å²) >= 11 is 1.84. The van der Waals surface area contributed by atoms with Crippen molar-refractivity contribution < 1.29 is 4.42 Å². The van der Waals surface area contributed by atoms with Gasteiger partial charge >= 0.3 is 0 Å².